The molecule has 2 heteroatoms. The second-order valence-electron chi connectivity index (χ2n) is 17.3. The number of carbonyl (C=O) groups is 1. The fraction of sp³-hybridized carbons (Fsp3) is 0.800. The quantitative estimate of drug-likeness (QED) is 0.0793. The zero-order valence-electron chi connectivity index (χ0n) is 31.7. The van der Waals surface area contributed by atoms with Crippen molar-refractivity contribution in [3.05, 3.63) is 48.1 Å². The second kappa shape index (κ2) is 19.0. The third-order valence-corrected chi connectivity index (χ3v) is 13.6. The molecular formula is C45H74O2. The van der Waals surface area contributed by atoms with Crippen LogP contribution in [0.3, 0.4) is 0 Å². The minimum atomic E-state index is 0.0236. The Hall–Kier alpha value is -1.57. The van der Waals surface area contributed by atoms with Gasteiger partial charge in [0, 0.05) is 12.8 Å². The van der Waals surface area contributed by atoms with Gasteiger partial charge in [0.1, 0.15) is 6.10 Å². The van der Waals surface area contributed by atoms with E-state index in [1.165, 1.54) is 83.5 Å². The molecule has 0 saturated heterocycles. The first-order chi connectivity index (χ1) is 22.7. The molecule has 47 heavy (non-hydrogen) atoms. The maximum absolute atomic E-state index is 12.8. The Balaban J connectivity index is 1.15. The van der Waals surface area contributed by atoms with E-state index in [0.717, 1.165) is 80.5 Å². The van der Waals surface area contributed by atoms with Crippen LogP contribution in [-0.4, -0.2) is 12.1 Å². The minimum Gasteiger partial charge on any atom is -0.462 e. The summed E-state index contributed by atoms with van der Waals surface area (Å²) >= 11 is 0. The molecule has 4 aliphatic rings. The molecule has 266 valence electrons. The van der Waals surface area contributed by atoms with E-state index in [1.807, 2.05) is 0 Å². The van der Waals surface area contributed by atoms with Crippen LogP contribution in [-0.2, 0) is 9.53 Å². The number of fused-ring (bicyclic) bond motifs is 5. The van der Waals surface area contributed by atoms with Gasteiger partial charge in [0.05, 0.1) is 0 Å². The monoisotopic (exact) mass is 647 g/mol. The third kappa shape index (κ3) is 10.5. The summed E-state index contributed by atoms with van der Waals surface area (Å²) < 4.78 is 6.10. The molecule has 0 N–H and O–H groups in total. The molecule has 0 aromatic rings. The van der Waals surface area contributed by atoms with Crippen molar-refractivity contribution in [1.82, 2.24) is 0 Å². The van der Waals surface area contributed by atoms with Crippen LogP contribution in [0, 0.1) is 46.3 Å². The van der Waals surface area contributed by atoms with Gasteiger partial charge in [-0.3, -0.25) is 4.79 Å². The Kier molecular flexibility index (Phi) is 15.4. The Morgan fingerprint density at radius 1 is 0.830 bits per heavy atom. The summed E-state index contributed by atoms with van der Waals surface area (Å²) in [7, 11) is 0. The van der Waals surface area contributed by atoms with Gasteiger partial charge in [-0.05, 0) is 136 Å². The van der Waals surface area contributed by atoms with Crippen molar-refractivity contribution in [2.75, 3.05) is 0 Å². The Bertz CT molecular complexity index is 1060. The van der Waals surface area contributed by atoms with Gasteiger partial charge >= 0.3 is 5.97 Å². The summed E-state index contributed by atoms with van der Waals surface area (Å²) in [6.45, 7) is 14.9. The third-order valence-electron chi connectivity index (χ3n) is 13.6. The van der Waals surface area contributed by atoms with Gasteiger partial charge in [-0.1, -0.05) is 122 Å². The van der Waals surface area contributed by atoms with Gasteiger partial charge in [0.15, 0.2) is 0 Å². The van der Waals surface area contributed by atoms with Crippen molar-refractivity contribution in [1.29, 1.82) is 0 Å². The fourth-order valence-electron chi connectivity index (χ4n) is 10.8. The number of carbonyl (C=O) groups excluding carboxylic acids is 1. The first-order valence-electron chi connectivity index (χ1n) is 20.5. The number of allylic oxidation sites excluding steroid dienone is 7. The van der Waals surface area contributed by atoms with Crippen LogP contribution in [0.25, 0.3) is 0 Å². The van der Waals surface area contributed by atoms with Crippen molar-refractivity contribution in [2.24, 2.45) is 46.3 Å². The van der Waals surface area contributed by atoms with Gasteiger partial charge < -0.3 is 4.74 Å². The normalized spacial score (nSPS) is 32.9. The van der Waals surface area contributed by atoms with E-state index in [1.54, 1.807) is 5.57 Å². The molecule has 3 saturated carbocycles. The lowest BCUT2D eigenvalue weighted by Gasteiger charge is -2.58. The largest absolute Gasteiger partial charge is 0.462 e. The lowest BCUT2D eigenvalue weighted by atomic mass is 9.47. The summed E-state index contributed by atoms with van der Waals surface area (Å²) in [5, 5.41) is 0. The smallest absolute Gasteiger partial charge is 0.306 e. The summed E-state index contributed by atoms with van der Waals surface area (Å²) in [5.74, 6) is 5.25. The highest BCUT2D eigenvalue weighted by Crippen LogP contribution is 2.67. The summed E-state index contributed by atoms with van der Waals surface area (Å²) in [4.78, 5) is 12.8. The number of rotatable bonds is 19. The molecule has 8 atom stereocenters. The standard InChI is InChI=1S/C45H74O2/c1-7-8-9-10-11-12-13-14-15-16-17-18-19-20-21-25-43(46)47-38-30-32-44(5)37(34-38)26-27-39-41-29-28-40(36(4)24-22-23-35(2)3)45(41,6)33-31-42(39)44/h11-12,14-15,17-18,26,35-36,38-42H,7-10,13,16,19-25,27-34H2,1-6H3/t36-,38?,39+,40-,41+,42+,44+,45-/m1/s1. The average molecular weight is 647 g/mol. The van der Waals surface area contributed by atoms with Gasteiger partial charge in [0.25, 0.3) is 0 Å². The van der Waals surface area contributed by atoms with Crippen LogP contribution in [0.1, 0.15) is 176 Å². The zero-order valence-corrected chi connectivity index (χ0v) is 31.7. The highest BCUT2D eigenvalue weighted by Gasteiger charge is 2.59. The first kappa shape index (κ1) is 38.2. The van der Waals surface area contributed by atoms with E-state index < -0.39 is 0 Å². The Morgan fingerprint density at radius 3 is 2.23 bits per heavy atom. The Labute approximate surface area is 291 Å². The first-order valence-corrected chi connectivity index (χ1v) is 20.5. The number of ether oxygens (including phenoxy) is 1. The van der Waals surface area contributed by atoms with Crippen LogP contribution in [0.15, 0.2) is 48.1 Å². The van der Waals surface area contributed by atoms with Crippen LogP contribution in [0.2, 0.25) is 0 Å². The molecule has 0 heterocycles. The predicted molar refractivity (Wildman–Crippen MR) is 202 cm³/mol. The number of hydrogen-bond acceptors (Lipinski definition) is 2. The molecule has 4 aliphatic carbocycles. The highest BCUT2D eigenvalue weighted by atomic mass is 16.5. The van der Waals surface area contributed by atoms with Crippen molar-refractivity contribution in [3.63, 3.8) is 0 Å². The fourth-order valence-corrected chi connectivity index (χ4v) is 10.8. The van der Waals surface area contributed by atoms with Crippen molar-refractivity contribution in [2.45, 2.75) is 182 Å². The van der Waals surface area contributed by atoms with E-state index in [-0.39, 0.29) is 12.1 Å². The molecule has 2 nitrogen and oxygen atoms in total. The molecule has 0 amide bonds. The van der Waals surface area contributed by atoms with E-state index in [0.29, 0.717) is 17.3 Å². The topological polar surface area (TPSA) is 26.3 Å². The second-order valence-corrected chi connectivity index (χ2v) is 17.3. The summed E-state index contributed by atoms with van der Waals surface area (Å²) in [5.41, 5.74) is 2.50. The number of unbranched alkanes of at least 4 members (excludes halogenated alkanes) is 5. The van der Waals surface area contributed by atoms with E-state index in [9.17, 15) is 4.79 Å². The van der Waals surface area contributed by atoms with E-state index in [4.69, 9.17) is 4.74 Å². The van der Waals surface area contributed by atoms with Crippen LogP contribution < -0.4 is 0 Å². The molecule has 1 unspecified atom stereocenters. The van der Waals surface area contributed by atoms with Gasteiger partial charge in [-0.25, -0.2) is 0 Å². The number of hydrogen-bond donors (Lipinski definition) is 0. The van der Waals surface area contributed by atoms with Crippen molar-refractivity contribution in [3.8, 4) is 0 Å². The molecule has 4 rings (SSSR count). The predicted octanol–water partition coefficient (Wildman–Crippen LogP) is 13.5. The molecule has 0 bridgehead atoms. The van der Waals surface area contributed by atoms with Gasteiger partial charge in [-0.2, -0.15) is 0 Å². The lowest BCUT2D eigenvalue weighted by molar-refractivity contribution is -0.151. The molecule has 0 aromatic carbocycles. The SMILES string of the molecule is CCCCCC=CCC=CCC=CCCCCC(=O)OC1CC[C@@]2(C)C(=CC[C@H]3[C@@H]4CC[C@H]([C@H](C)CCCC(C)C)[C@@]4(C)CC[C@@H]32)C1. The minimum absolute atomic E-state index is 0.0236. The molecule has 0 aromatic heterocycles. The Morgan fingerprint density at radius 2 is 1.53 bits per heavy atom. The van der Waals surface area contributed by atoms with E-state index in [2.05, 4.69) is 84.1 Å². The summed E-state index contributed by atoms with van der Waals surface area (Å²) in [6.07, 6.45) is 41.7. The molecular weight excluding hydrogens is 572 g/mol. The molecule has 0 radical (unpaired) electrons. The highest BCUT2D eigenvalue weighted by molar-refractivity contribution is 5.69. The van der Waals surface area contributed by atoms with Crippen LogP contribution in [0.4, 0.5) is 0 Å². The lowest BCUT2D eigenvalue weighted by Crippen LogP contribution is -2.51. The molecule has 0 spiro atoms. The van der Waals surface area contributed by atoms with Crippen molar-refractivity contribution < 1.29 is 9.53 Å². The maximum atomic E-state index is 12.8. The van der Waals surface area contributed by atoms with E-state index >= 15 is 0 Å². The number of esters is 1. The van der Waals surface area contributed by atoms with Crippen molar-refractivity contribution >= 4 is 5.97 Å². The molecule has 0 aliphatic heterocycles. The van der Waals surface area contributed by atoms with Crippen LogP contribution in [0.5, 0.6) is 0 Å². The molecule has 3 fully saturated rings. The zero-order chi connectivity index (χ0) is 33.7. The average Bonchev–Trinajstić information content (AvgIpc) is 3.40. The van der Waals surface area contributed by atoms with Gasteiger partial charge in [-0.15, -0.1) is 0 Å². The maximum Gasteiger partial charge on any atom is 0.306 e. The van der Waals surface area contributed by atoms with Crippen LogP contribution >= 0.6 is 0 Å². The van der Waals surface area contributed by atoms with Gasteiger partial charge in [0.2, 0.25) is 0 Å². The summed E-state index contributed by atoms with van der Waals surface area (Å²) in [6, 6.07) is 0.